The molecule has 4 heterocycles. The molecule has 1 saturated heterocycles. The Morgan fingerprint density at radius 1 is 1.26 bits per heavy atom. The number of furan rings is 1. The van der Waals surface area contributed by atoms with Crippen LogP contribution in [0.25, 0.3) is 11.3 Å². The molecule has 1 atom stereocenters. The molecule has 0 aromatic carbocycles. The lowest BCUT2D eigenvalue weighted by Gasteiger charge is -2.22. The molecule has 0 saturated carbocycles. The van der Waals surface area contributed by atoms with Gasteiger partial charge in [0.05, 0.1) is 43.7 Å². The van der Waals surface area contributed by atoms with Crippen LogP contribution in [-0.4, -0.2) is 53.1 Å². The van der Waals surface area contributed by atoms with Crippen molar-refractivity contribution in [1.82, 2.24) is 20.1 Å². The first-order valence-corrected chi connectivity index (χ1v) is 11.0. The normalized spacial score (nSPS) is 17.8. The largest absolute Gasteiger partial charge is 0.455 e. The van der Waals surface area contributed by atoms with Crippen molar-refractivity contribution in [3.8, 4) is 11.3 Å². The summed E-state index contributed by atoms with van der Waals surface area (Å²) in [6, 6.07) is 3.76. The van der Waals surface area contributed by atoms with Crippen LogP contribution in [0.1, 0.15) is 38.7 Å². The van der Waals surface area contributed by atoms with E-state index in [-0.39, 0.29) is 36.6 Å². The molecule has 8 nitrogen and oxygen atoms in total. The Bertz CT molecular complexity index is 1190. The SMILES string of the molecule is Cc1ccc(Cn2cc3c(n2)-c2c(oc(C(=O)NC[C@@H]4COCCO4)c2C(F)(F)F)CC3)cn1. The van der Waals surface area contributed by atoms with Crippen LogP contribution in [0.2, 0.25) is 0 Å². The van der Waals surface area contributed by atoms with E-state index >= 15 is 0 Å². The van der Waals surface area contributed by atoms with Crippen LogP contribution < -0.4 is 5.32 Å². The number of alkyl halides is 3. The van der Waals surface area contributed by atoms with Gasteiger partial charge in [0.2, 0.25) is 5.76 Å². The Morgan fingerprint density at radius 2 is 2.12 bits per heavy atom. The second-order valence-electron chi connectivity index (χ2n) is 8.39. The highest BCUT2D eigenvalue weighted by molar-refractivity contribution is 5.96. The number of carbonyl (C=O) groups excluding carboxylic acids is 1. The highest BCUT2D eigenvalue weighted by Crippen LogP contribution is 2.46. The maximum absolute atomic E-state index is 14.2. The molecule has 1 N–H and O–H groups in total. The van der Waals surface area contributed by atoms with Crippen molar-refractivity contribution < 1.29 is 31.9 Å². The van der Waals surface area contributed by atoms with Gasteiger partial charge in [0.1, 0.15) is 11.3 Å². The van der Waals surface area contributed by atoms with E-state index in [9.17, 15) is 18.0 Å². The Labute approximate surface area is 193 Å². The van der Waals surface area contributed by atoms with Crippen molar-refractivity contribution in [1.29, 1.82) is 0 Å². The lowest BCUT2D eigenvalue weighted by Crippen LogP contribution is -2.40. The predicted octanol–water partition coefficient (Wildman–Crippen LogP) is 3.16. The van der Waals surface area contributed by atoms with Crippen molar-refractivity contribution in [2.45, 2.75) is 38.6 Å². The summed E-state index contributed by atoms with van der Waals surface area (Å²) in [6.07, 6.45) is -1.05. The van der Waals surface area contributed by atoms with Crippen LogP contribution in [0.3, 0.4) is 0 Å². The van der Waals surface area contributed by atoms with Crippen LogP contribution in [0.5, 0.6) is 0 Å². The van der Waals surface area contributed by atoms with Gasteiger partial charge in [-0.15, -0.1) is 0 Å². The Kier molecular flexibility index (Phi) is 5.90. The quantitative estimate of drug-likeness (QED) is 0.609. The summed E-state index contributed by atoms with van der Waals surface area (Å²) in [6.45, 7) is 3.34. The molecule has 5 rings (SSSR count). The van der Waals surface area contributed by atoms with Gasteiger partial charge in [-0.05, 0) is 30.5 Å². The zero-order valence-corrected chi connectivity index (χ0v) is 18.4. The minimum atomic E-state index is -4.80. The zero-order chi connectivity index (χ0) is 23.9. The zero-order valence-electron chi connectivity index (χ0n) is 18.4. The molecule has 1 amide bonds. The smallest absolute Gasteiger partial charge is 0.420 e. The number of halogens is 3. The Morgan fingerprint density at radius 3 is 2.82 bits per heavy atom. The number of aromatic nitrogens is 3. The summed E-state index contributed by atoms with van der Waals surface area (Å²) in [7, 11) is 0. The fourth-order valence-electron chi connectivity index (χ4n) is 4.24. The number of amides is 1. The topological polar surface area (TPSA) is 91.4 Å². The van der Waals surface area contributed by atoms with E-state index in [0.29, 0.717) is 31.7 Å². The molecular weight excluding hydrogens is 453 g/mol. The van der Waals surface area contributed by atoms with E-state index in [4.69, 9.17) is 13.9 Å². The number of carbonyl (C=O) groups is 1. The van der Waals surface area contributed by atoms with Gasteiger partial charge in [-0.25, -0.2) is 0 Å². The molecule has 1 fully saturated rings. The number of rotatable bonds is 5. The number of hydrogen-bond donors (Lipinski definition) is 1. The number of pyridine rings is 1. The van der Waals surface area contributed by atoms with Crippen LogP contribution in [-0.2, 0) is 35.0 Å². The first-order valence-electron chi connectivity index (χ1n) is 11.0. The highest BCUT2D eigenvalue weighted by Gasteiger charge is 2.45. The molecule has 3 aromatic heterocycles. The van der Waals surface area contributed by atoms with Gasteiger partial charge >= 0.3 is 6.18 Å². The fraction of sp³-hybridized carbons (Fsp3) is 0.435. The van der Waals surface area contributed by atoms with Gasteiger partial charge in [-0.2, -0.15) is 18.3 Å². The Hall–Kier alpha value is -3.18. The van der Waals surface area contributed by atoms with Gasteiger partial charge in [0.25, 0.3) is 5.91 Å². The standard InChI is InChI=1S/C23H23F3N4O4/c1-13-2-3-14(8-27-13)10-30-11-15-4-5-17-18(20(15)29-30)19(23(24,25)26)21(34-17)22(31)28-9-16-12-32-6-7-33-16/h2-3,8,11,16H,4-7,9-10,12H2,1H3,(H,28,31)/t16-/m1/s1. The van der Waals surface area contributed by atoms with E-state index < -0.39 is 29.5 Å². The minimum Gasteiger partial charge on any atom is -0.455 e. The molecule has 0 radical (unpaired) electrons. The molecule has 34 heavy (non-hydrogen) atoms. The molecule has 1 aliphatic heterocycles. The van der Waals surface area contributed by atoms with Gasteiger partial charge < -0.3 is 19.2 Å². The fourth-order valence-corrected chi connectivity index (χ4v) is 4.24. The minimum absolute atomic E-state index is 0.0198. The van der Waals surface area contributed by atoms with Crippen LogP contribution in [0, 0.1) is 6.92 Å². The number of ether oxygens (including phenoxy) is 2. The third kappa shape index (κ3) is 4.45. The predicted molar refractivity (Wildman–Crippen MR) is 113 cm³/mol. The summed E-state index contributed by atoms with van der Waals surface area (Å²) in [4.78, 5) is 17.0. The molecule has 0 unspecified atom stereocenters. The number of nitrogens with zero attached hydrogens (tertiary/aromatic N) is 3. The molecule has 0 bridgehead atoms. The van der Waals surface area contributed by atoms with E-state index in [2.05, 4.69) is 15.4 Å². The van der Waals surface area contributed by atoms with Crippen LogP contribution >= 0.6 is 0 Å². The molecule has 1 aliphatic carbocycles. The van der Waals surface area contributed by atoms with E-state index in [0.717, 1.165) is 11.3 Å². The maximum Gasteiger partial charge on any atom is 0.420 e. The molecule has 0 spiro atoms. The molecule has 180 valence electrons. The summed E-state index contributed by atoms with van der Waals surface area (Å²) >= 11 is 0. The second kappa shape index (κ2) is 8.88. The van der Waals surface area contributed by atoms with Crippen molar-refractivity contribution in [2.24, 2.45) is 0 Å². The van der Waals surface area contributed by atoms with E-state index in [1.54, 1.807) is 17.1 Å². The summed E-state index contributed by atoms with van der Waals surface area (Å²) in [5.74, 6) is -1.58. The Balaban J connectivity index is 1.45. The van der Waals surface area contributed by atoms with Crippen LogP contribution in [0.4, 0.5) is 13.2 Å². The third-order valence-corrected chi connectivity index (χ3v) is 5.86. The van der Waals surface area contributed by atoms with Crippen molar-refractivity contribution >= 4 is 5.91 Å². The molecule has 2 aliphatic rings. The number of hydrogen-bond acceptors (Lipinski definition) is 6. The average Bonchev–Trinajstić information content (AvgIpc) is 3.40. The van der Waals surface area contributed by atoms with Gasteiger partial charge in [-0.1, -0.05) is 6.07 Å². The number of aryl methyl sites for hydroxylation is 3. The number of fused-ring (bicyclic) bond motifs is 3. The second-order valence-corrected chi connectivity index (χ2v) is 8.39. The lowest BCUT2D eigenvalue weighted by atomic mass is 9.93. The summed E-state index contributed by atoms with van der Waals surface area (Å²) in [5.41, 5.74) is 1.37. The van der Waals surface area contributed by atoms with Crippen molar-refractivity contribution in [2.75, 3.05) is 26.4 Å². The van der Waals surface area contributed by atoms with Gasteiger partial charge in [-0.3, -0.25) is 14.5 Å². The third-order valence-electron chi connectivity index (χ3n) is 5.86. The van der Waals surface area contributed by atoms with Gasteiger partial charge in [0.15, 0.2) is 0 Å². The van der Waals surface area contributed by atoms with Crippen LogP contribution in [0.15, 0.2) is 28.9 Å². The van der Waals surface area contributed by atoms with E-state index in [1.165, 1.54) is 0 Å². The highest BCUT2D eigenvalue weighted by atomic mass is 19.4. The van der Waals surface area contributed by atoms with Crippen molar-refractivity contribution in [3.05, 3.63) is 58.4 Å². The maximum atomic E-state index is 14.2. The number of nitrogens with one attached hydrogen (secondary N) is 1. The lowest BCUT2D eigenvalue weighted by molar-refractivity contribution is -0.137. The molecule has 3 aromatic rings. The first kappa shape index (κ1) is 22.6. The average molecular weight is 476 g/mol. The molecule has 11 heteroatoms. The summed E-state index contributed by atoms with van der Waals surface area (Å²) in [5, 5.41) is 6.92. The summed E-state index contributed by atoms with van der Waals surface area (Å²) < 4.78 is 60.3. The molecular formula is C23H23F3N4O4. The monoisotopic (exact) mass is 476 g/mol. The van der Waals surface area contributed by atoms with Crippen molar-refractivity contribution in [3.63, 3.8) is 0 Å². The first-order chi connectivity index (χ1) is 16.3. The van der Waals surface area contributed by atoms with E-state index in [1.807, 2.05) is 19.1 Å². The van der Waals surface area contributed by atoms with Gasteiger partial charge in [0, 0.05) is 31.1 Å².